The number of hydrogen-bond donors (Lipinski definition) is 1. The molecule has 1 saturated heterocycles. The van der Waals surface area contributed by atoms with Crippen LogP contribution >= 0.6 is 21.6 Å². The van der Waals surface area contributed by atoms with Crippen molar-refractivity contribution in [3.05, 3.63) is 0 Å². The smallest absolute Gasteiger partial charge is 0.239 e. The van der Waals surface area contributed by atoms with Gasteiger partial charge in [-0.05, 0) is 6.42 Å². The van der Waals surface area contributed by atoms with Crippen LogP contribution in [0.2, 0.25) is 0 Å². The lowest BCUT2D eigenvalue weighted by Gasteiger charge is -2.22. The van der Waals surface area contributed by atoms with Gasteiger partial charge in [-0.1, -0.05) is 28.5 Å². The number of nitrogens with two attached hydrogens (primary N) is 1. The lowest BCUT2D eigenvalue weighted by molar-refractivity contribution is -0.132. The van der Waals surface area contributed by atoms with Crippen LogP contribution in [0.4, 0.5) is 0 Å². The Kier molecular flexibility index (Phi) is 4.98. The van der Waals surface area contributed by atoms with Crippen LogP contribution in [0.5, 0.6) is 0 Å². The molecule has 1 aliphatic heterocycles. The van der Waals surface area contributed by atoms with Crippen LogP contribution in [0.15, 0.2) is 0 Å². The van der Waals surface area contributed by atoms with Crippen LogP contribution in [0.3, 0.4) is 0 Å². The average Bonchev–Trinajstić information content (AvgIpc) is 2.43. The standard InChI is InChI=1S/C8H16N2OS2/c1-2-7(9)8(11)10-3-5-12-13-6-4-10/h7H,2-6,9H2,1H3/t7-/m1/s1. The molecule has 0 saturated carbocycles. The Morgan fingerprint density at radius 2 is 2.00 bits per heavy atom. The molecule has 0 spiro atoms. The van der Waals surface area contributed by atoms with E-state index in [2.05, 4.69) is 0 Å². The molecule has 2 N–H and O–H groups in total. The molecule has 5 heteroatoms. The van der Waals surface area contributed by atoms with Gasteiger partial charge in [0.15, 0.2) is 0 Å². The monoisotopic (exact) mass is 220 g/mol. The van der Waals surface area contributed by atoms with Crippen molar-refractivity contribution < 1.29 is 4.79 Å². The highest BCUT2D eigenvalue weighted by Crippen LogP contribution is 2.23. The van der Waals surface area contributed by atoms with Gasteiger partial charge in [0.1, 0.15) is 0 Å². The van der Waals surface area contributed by atoms with Crippen LogP contribution in [0.25, 0.3) is 0 Å². The van der Waals surface area contributed by atoms with Crippen LogP contribution in [0, 0.1) is 0 Å². The summed E-state index contributed by atoms with van der Waals surface area (Å²) in [6, 6.07) is -0.298. The number of hydrogen-bond acceptors (Lipinski definition) is 4. The molecule has 0 aromatic heterocycles. The van der Waals surface area contributed by atoms with E-state index in [9.17, 15) is 4.79 Å². The van der Waals surface area contributed by atoms with Gasteiger partial charge in [0.2, 0.25) is 5.91 Å². The third-order valence-electron chi connectivity index (χ3n) is 2.04. The van der Waals surface area contributed by atoms with Crippen molar-refractivity contribution in [2.75, 3.05) is 24.6 Å². The van der Waals surface area contributed by atoms with Crippen molar-refractivity contribution in [2.45, 2.75) is 19.4 Å². The molecule has 1 rings (SSSR count). The first-order valence-corrected chi connectivity index (χ1v) is 7.03. The second kappa shape index (κ2) is 5.78. The summed E-state index contributed by atoms with van der Waals surface area (Å²) < 4.78 is 0. The Morgan fingerprint density at radius 3 is 2.46 bits per heavy atom. The SMILES string of the molecule is CC[C@@H](N)C(=O)N1CCSSCC1. The second-order valence-corrected chi connectivity index (χ2v) is 5.69. The molecule has 0 radical (unpaired) electrons. The minimum atomic E-state index is -0.298. The van der Waals surface area contributed by atoms with Crippen molar-refractivity contribution in [3.63, 3.8) is 0 Å². The Labute approximate surface area is 87.2 Å². The van der Waals surface area contributed by atoms with Gasteiger partial charge >= 0.3 is 0 Å². The van der Waals surface area contributed by atoms with Gasteiger partial charge in [-0.15, -0.1) is 0 Å². The summed E-state index contributed by atoms with van der Waals surface area (Å²) in [5.74, 6) is 2.16. The van der Waals surface area contributed by atoms with E-state index in [0.29, 0.717) is 0 Å². The maximum Gasteiger partial charge on any atom is 0.239 e. The molecule has 0 aromatic rings. The average molecular weight is 220 g/mol. The van der Waals surface area contributed by atoms with Gasteiger partial charge in [0.05, 0.1) is 6.04 Å². The minimum absolute atomic E-state index is 0.116. The van der Waals surface area contributed by atoms with E-state index in [1.165, 1.54) is 0 Å². The zero-order chi connectivity index (χ0) is 9.68. The fourth-order valence-corrected chi connectivity index (χ4v) is 3.13. The highest BCUT2D eigenvalue weighted by atomic mass is 33.1. The lowest BCUT2D eigenvalue weighted by atomic mass is 10.2. The van der Waals surface area contributed by atoms with E-state index >= 15 is 0 Å². The van der Waals surface area contributed by atoms with Gasteiger partial charge in [0, 0.05) is 24.6 Å². The molecule has 1 aliphatic rings. The van der Waals surface area contributed by atoms with Crippen LogP contribution < -0.4 is 5.73 Å². The van der Waals surface area contributed by atoms with E-state index in [0.717, 1.165) is 31.0 Å². The first kappa shape index (κ1) is 11.2. The molecule has 0 bridgehead atoms. The predicted octanol–water partition coefficient (Wildman–Crippen LogP) is 0.947. The number of nitrogens with zero attached hydrogens (tertiary/aromatic N) is 1. The normalized spacial score (nSPS) is 20.9. The molecule has 76 valence electrons. The Hall–Kier alpha value is 0.130. The highest BCUT2D eigenvalue weighted by molar-refractivity contribution is 8.76. The highest BCUT2D eigenvalue weighted by Gasteiger charge is 2.20. The summed E-state index contributed by atoms with van der Waals surface area (Å²) in [5, 5.41) is 0. The summed E-state index contributed by atoms with van der Waals surface area (Å²) in [5.41, 5.74) is 5.69. The van der Waals surface area contributed by atoms with Crippen LogP contribution in [-0.4, -0.2) is 41.4 Å². The summed E-state index contributed by atoms with van der Waals surface area (Å²) in [4.78, 5) is 13.6. The molecule has 13 heavy (non-hydrogen) atoms. The van der Waals surface area contributed by atoms with Gasteiger partial charge in [-0.25, -0.2) is 0 Å². The quantitative estimate of drug-likeness (QED) is 0.704. The molecular weight excluding hydrogens is 204 g/mol. The first-order chi connectivity index (χ1) is 6.25. The predicted molar refractivity (Wildman–Crippen MR) is 59.8 cm³/mol. The summed E-state index contributed by atoms with van der Waals surface area (Å²) >= 11 is 0. The molecule has 0 unspecified atom stereocenters. The largest absolute Gasteiger partial charge is 0.340 e. The zero-order valence-corrected chi connectivity index (χ0v) is 9.50. The second-order valence-electron chi connectivity index (χ2n) is 2.98. The van der Waals surface area contributed by atoms with Crippen LogP contribution in [-0.2, 0) is 4.79 Å². The van der Waals surface area contributed by atoms with E-state index in [4.69, 9.17) is 5.73 Å². The van der Waals surface area contributed by atoms with E-state index in [1.807, 2.05) is 33.4 Å². The van der Waals surface area contributed by atoms with Crippen molar-refractivity contribution in [1.82, 2.24) is 4.90 Å². The molecule has 1 atom stereocenters. The third kappa shape index (κ3) is 3.40. The molecule has 0 aliphatic carbocycles. The molecular formula is C8H16N2OS2. The minimum Gasteiger partial charge on any atom is -0.340 e. The van der Waals surface area contributed by atoms with Gasteiger partial charge in [-0.3, -0.25) is 4.79 Å². The summed E-state index contributed by atoms with van der Waals surface area (Å²) in [6.07, 6.45) is 0.732. The zero-order valence-electron chi connectivity index (χ0n) is 7.86. The van der Waals surface area contributed by atoms with Crippen molar-refractivity contribution in [1.29, 1.82) is 0 Å². The fourth-order valence-electron chi connectivity index (χ4n) is 1.15. The molecule has 1 amide bonds. The third-order valence-corrected chi connectivity index (χ3v) is 4.41. The maximum absolute atomic E-state index is 11.7. The topological polar surface area (TPSA) is 46.3 Å². The lowest BCUT2D eigenvalue weighted by Crippen LogP contribution is -2.44. The Morgan fingerprint density at radius 1 is 1.46 bits per heavy atom. The summed E-state index contributed by atoms with van der Waals surface area (Å²) in [7, 11) is 3.68. The van der Waals surface area contributed by atoms with E-state index < -0.39 is 0 Å². The molecule has 1 fully saturated rings. The number of rotatable bonds is 2. The number of carbonyl (C=O) groups is 1. The molecule has 0 aromatic carbocycles. The Bertz CT molecular complexity index is 170. The van der Waals surface area contributed by atoms with E-state index in [1.54, 1.807) is 0 Å². The van der Waals surface area contributed by atoms with E-state index in [-0.39, 0.29) is 11.9 Å². The number of amides is 1. The Balaban J connectivity index is 2.43. The van der Waals surface area contributed by atoms with Gasteiger partial charge in [-0.2, -0.15) is 0 Å². The molecule has 3 nitrogen and oxygen atoms in total. The molecule has 1 heterocycles. The van der Waals surface area contributed by atoms with Crippen LogP contribution in [0.1, 0.15) is 13.3 Å². The van der Waals surface area contributed by atoms with Gasteiger partial charge < -0.3 is 10.6 Å². The van der Waals surface area contributed by atoms with Crippen molar-refractivity contribution in [3.8, 4) is 0 Å². The maximum atomic E-state index is 11.7. The van der Waals surface area contributed by atoms with Gasteiger partial charge in [0.25, 0.3) is 0 Å². The van der Waals surface area contributed by atoms with Crippen molar-refractivity contribution in [2.24, 2.45) is 5.73 Å². The van der Waals surface area contributed by atoms with Crippen molar-refractivity contribution >= 4 is 27.5 Å². The fraction of sp³-hybridized carbons (Fsp3) is 0.875. The number of carbonyl (C=O) groups excluding carboxylic acids is 1. The first-order valence-electron chi connectivity index (χ1n) is 4.54. The summed E-state index contributed by atoms with van der Waals surface area (Å²) in [6.45, 7) is 3.65.